The largest absolute Gasteiger partial charge is 0.494 e. The lowest BCUT2D eigenvalue weighted by Gasteiger charge is -2.32. The van der Waals surface area contributed by atoms with E-state index in [1.807, 2.05) is 30.3 Å². The van der Waals surface area contributed by atoms with Crippen LogP contribution in [0.15, 0.2) is 103 Å². The van der Waals surface area contributed by atoms with E-state index in [1.54, 1.807) is 12.4 Å². The van der Waals surface area contributed by atoms with Crippen LogP contribution in [0.4, 0.5) is 0 Å². The van der Waals surface area contributed by atoms with Crippen molar-refractivity contribution in [2.24, 2.45) is 0 Å². The summed E-state index contributed by atoms with van der Waals surface area (Å²) in [5.74, 6) is 1.26. The van der Waals surface area contributed by atoms with Gasteiger partial charge in [-0.3, -0.25) is 4.98 Å². The van der Waals surface area contributed by atoms with Crippen molar-refractivity contribution >= 4 is 0 Å². The molecule has 2 unspecified atom stereocenters. The maximum Gasteiger partial charge on any atom is 0.119 e. The van der Waals surface area contributed by atoms with Gasteiger partial charge in [0.2, 0.25) is 0 Å². The van der Waals surface area contributed by atoms with E-state index in [0.29, 0.717) is 45.6 Å². The predicted molar refractivity (Wildman–Crippen MR) is 161 cm³/mol. The summed E-state index contributed by atoms with van der Waals surface area (Å²) < 4.78 is 24.0. The third-order valence-corrected chi connectivity index (χ3v) is 7.32. The number of ether oxygens (including phenoxy) is 4. The summed E-state index contributed by atoms with van der Waals surface area (Å²) >= 11 is 0. The number of nitrogens with one attached hydrogen (secondary N) is 1. The zero-order chi connectivity index (χ0) is 28.0. The van der Waals surface area contributed by atoms with Gasteiger partial charge >= 0.3 is 0 Å². The fourth-order valence-electron chi connectivity index (χ4n) is 5.01. The molecule has 1 aliphatic heterocycles. The molecule has 0 aliphatic carbocycles. The quantitative estimate of drug-likeness (QED) is 0.171. The van der Waals surface area contributed by atoms with Crippen molar-refractivity contribution in [1.29, 1.82) is 0 Å². The molecule has 0 radical (unpaired) electrons. The second-order valence-electron chi connectivity index (χ2n) is 10.4. The SMILES string of the molecule is c1ccc(COCCCOc2ccc(C3CCNCC3OCc3ccc(COCc4ccncc4)cc3)cc2)cc1. The van der Waals surface area contributed by atoms with Crippen LogP contribution in [-0.2, 0) is 40.6 Å². The van der Waals surface area contributed by atoms with E-state index in [1.165, 1.54) is 16.7 Å². The molecule has 2 atom stereocenters. The van der Waals surface area contributed by atoms with E-state index in [9.17, 15) is 0 Å². The Bertz CT molecular complexity index is 1270. The number of hydrogen-bond donors (Lipinski definition) is 1. The monoisotopic (exact) mass is 552 g/mol. The van der Waals surface area contributed by atoms with E-state index in [0.717, 1.165) is 42.8 Å². The average Bonchev–Trinajstić information content (AvgIpc) is 3.04. The normalized spacial score (nSPS) is 16.9. The Labute approximate surface area is 243 Å². The molecular weight excluding hydrogens is 512 g/mol. The molecule has 1 aromatic heterocycles. The van der Waals surface area contributed by atoms with Gasteiger partial charge in [-0.05, 0) is 65.0 Å². The Balaban J connectivity index is 1.02. The summed E-state index contributed by atoms with van der Waals surface area (Å²) in [6, 6.07) is 31.2. The fraction of sp³-hybridized carbons (Fsp3) is 0.343. The highest BCUT2D eigenvalue weighted by atomic mass is 16.5. The number of benzene rings is 3. The standard InChI is InChI=1S/C35H40N2O4/c1-2-5-28(6-3-1)24-38-21-4-22-40-33-13-11-32(12-14-33)34-17-20-37-23-35(34)41-27-30-9-7-29(8-10-30)25-39-26-31-15-18-36-19-16-31/h1-3,5-16,18-19,34-35,37H,4,17,20-27H2. The lowest BCUT2D eigenvalue weighted by Crippen LogP contribution is -2.40. The second kappa shape index (κ2) is 16.0. The van der Waals surface area contributed by atoms with Crippen molar-refractivity contribution in [3.05, 3.63) is 131 Å². The Hall–Kier alpha value is -3.55. The van der Waals surface area contributed by atoms with Gasteiger partial charge in [-0.25, -0.2) is 0 Å². The first-order chi connectivity index (χ1) is 20.3. The van der Waals surface area contributed by atoms with Crippen LogP contribution in [0.2, 0.25) is 0 Å². The molecule has 0 spiro atoms. The molecule has 0 bridgehead atoms. The molecule has 3 aromatic carbocycles. The molecule has 5 rings (SSSR count). The summed E-state index contributed by atoms with van der Waals surface area (Å²) in [6.07, 6.45) is 5.61. The van der Waals surface area contributed by atoms with E-state index in [2.05, 4.69) is 71.0 Å². The van der Waals surface area contributed by atoms with E-state index < -0.39 is 0 Å². The maximum atomic E-state index is 6.43. The van der Waals surface area contributed by atoms with Crippen molar-refractivity contribution in [3.8, 4) is 5.75 Å². The van der Waals surface area contributed by atoms with E-state index in [-0.39, 0.29) is 6.10 Å². The van der Waals surface area contributed by atoms with Crippen LogP contribution in [0.25, 0.3) is 0 Å². The van der Waals surface area contributed by atoms with Gasteiger partial charge in [-0.2, -0.15) is 0 Å². The van der Waals surface area contributed by atoms with Crippen molar-refractivity contribution in [2.45, 2.75) is 51.3 Å². The Morgan fingerprint density at radius 3 is 2.07 bits per heavy atom. The molecular formula is C35H40N2O4. The summed E-state index contributed by atoms with van der Waals surface area (Å²) in [5.41, 5.74) is 5.95. The summed E-state index contributed by atoms with van der Waals surface area (Å²) in [4.78, 5) is 4.04. The van der Waals surface area contributed by atoms with Crippen LogP contribution in [0.5, 0.6) is 5.75 Å². The number of hydrogen-bond acceptors (Lipinski definition) is 6. The number of nitrogens with zero attached hydrogens (tertiary/aromatic N) is 1. The zero-order valence-electron chi connectivity index (χ0n) is 23.6. The van der Waals surface area contributed by atoms with Gasteiger partial charge in [0.25, 0.3) is 0 Å². The number of pyridine rings is 1. The van der Waals surface area contributed by atoms with Crippen molar-refractivity contribution in [1.82, 2.24) is 10.3 Å². The van der Waals surface area contributed by atoms with Gasteiger partial charge in [0.1, 0.15) is 5.75 Å². The highest BCUT2D eigenvalue weighted by molar-refractivity contribution is 5.31. The molecule has 41 heavy (non-hydrogen) atoms. The van der Waals surface area contributed by atoms with Crippen LogP contribution in [0.3, 0.4) is 0 Å². The summed E-state index contributed by atoms with van der Waals surface area (Å²) in [6.45, 7) is 5.58. The van der Waals surface area contributed by atoms with Gasteiger partial charge in [0.05, 0.1) is 45.7 Å². The molecule has 214 valence electrons. The molecule has 0 saturated carbocycles. The Morgan fingerprint density at radius 1 is 0.659 bits per heavy atom. The van der Waals surface area contributed by atoms with Crippen LogP contribution < -0.4 is 10.1 Å². The van der Waals surface area contributed by atoms with Crippen LogP contribution in [-0.4, -0.2) is 37.4 Å². The molecule has 6 nitrogen and oxygen atoms in total. The number of aromatic nitrogens is 1. The van der Waals surface area contributed by atoms with Gasteiger partial charge < -0.3 is 24.3 Å². The first-order valence-electron chi connectivity index (χ1n) is 14.5. The van der Waals surface area contributed by atoms with E-state index >= 15 is 0 Å². The number of rotatable bonds is 15. The zero-order valence-corrected chi connectivity index (χ0v) is 23.6. The van der Waals surface area contributed by atoms with Crippen molar-refractivity contribution < 1.29 is 18.9 Å². The lowest BCUT2D eigenvalue weighted by atomic mass is 9.87. The fourth-order valence-corrected chi connectivity index (χ4v) is 5.01. The summed E-state index contributed by atoms with van der Waals surface area (Å²) in [5, 5.41) is 3.50. The first kappa shape index (κ1) is 29.0. The smallest absolute Gasteiger partial charge is 0.119 e. The molecule has 1 fully saturated rings. The minimum Gasteiger partial charge on any atom is -0.494 e. The lowest BCUT2D eigenvalue weighted by molar-refractivity contribution is 0.0106. The predicted octanol–water partition coefficient (Wildman–Crippen LogP) is 6.45. The molecule has 1 N–H and O–H groups in total. The highest BCUT2D eigenvalue weighted by Gasteiger charge is 2.27. The second-order valence-corrected chi connectivity index (χ2v) is 10.4. The third-order valence-electron chi connectivity index (χ3n) is 7.32. The average molecular weight is 553 g/mol. The molecule has 1 aliphatic rings. The molecule has 4 aromatic rings. The first-order valence-corrected chi connectivity index (χ1v) is 14.5. The molecule has 0 amide bonds. The molecule has 1 saturated heterocycles. The van der Waals surface area contributed by atoms with Gasteiger partial charge in [0, 0.05) is 31.3 Å². The van der Waals surface area contributed by atoms with Crippen molar-refractivity contribution in [2.75, 3.05) is 26.3 Å². The Morgan fingerprint density at radius 2 is 1.32 bits per heavy atom. The van der Waals surface area contributed by atoms with Crippen molar-refractivity contribution in [3.63, 3.8) is 0 Å². The van der Waals surface area contributed by atoms with Crippen LogP contribution in [0, 0.1) is 0 Å². The van der Waals surface area contributed by atoms with Crippen LogP contribution >= 0.6 is 0 Å². The van der Waals surface area contributed by atoms with Gasteiger partial charge in [-0.1, -0.05) is 66.7 Å². The third kappa shape index (κ3) is 9.51. The minimum atomic E-state index is 0.126. The topological polar surface area (TPSA) is 61.8 Å². The van der Waals surface area contributed by atoms with Gasteiger partial charge in [0.15, 0.2) is 0 Å². The maximum absolute atomic E-state index is 6.43. The van der Waals surface area contributed by atoms with Crippen LogP contribution in [0.1, 0.15) is 46.6 Å². The highest BCUT2D eigenvalue weighted by Crippen LogP contribution is 2.30. The van der Waals surface area contributed by atoms with Gasteiger partial charge in [-0.15, -0.1) is 0 Å². The molecule has 6 heteroatoms. The summed E-state index contributed by atoms with van der Waals surface area (Å²) in [7, 11) is 0. The van der Waals surface area contributed by atoms with E-state index in [4.69, 9.17) is 18.9 Å². The minimum absolute atomic E-state index is 0.126. The molecule has 2 heterocycles. The number of piperidine rings is 1. The Kier molecular flexibility index (Phi) is 11.3.